The fourth-order valence-corrected chi connectivity index (χ4v) is 1.74. The van der Waals surface area contributed by atoms with Crippen molar-refractivity contribution in [2.75, 3.05) is 19.9 Å². The smallest absolute Gasteiger partial charge is 0.231 e. The minimum atomic E-state index is 0.293. The summed E-state index contributed by atoms with van der Waals surface area (Å²) in [7, 11) is 0. The summed E-state index contributed by atoms with van der Waals surface area (Å²) in [5.74, 6) is 2.44. The van der Waals surface area contributed by atoms with Gasteiger partial charge in [-0.25, -0.2) is 0 Å². The highest BCUT2D eigenvalue weighted by Gasteiger charge is 2.17. The van der Waals surface area contributed by atoms with Crippen LogP contribution >= 0.6 is 0 Å². The van der Waals surface area contributed by atoms with E-state index in [-0.39, 0.29) is 0 Å². The number of benzene rings is 1. The SMILES string of the molecule is CCOc1cc2c(cc1CCCN)OCO2. The van der Waals surface area contributed by atoms with Gasteiger partial charge in [-0.05, 0) is 37.9 Å². The molecule has 2 rings (SSSR count). The zero-order valence-electron chi connectivity index (χ0n) is 9.49. The highest BCUT2D eigenvalue weighted by molar-refractivity contribution is 5.51. The molecule has 1 aliphatic rings. The van der Waals surface area contributed by atoms with Crippen LogP contribution in [0.5, 0.6) is 17.2 Å². The lowest BCUT2D eigenvalue weighted by molar-refractivity contribution is 0.173. The van der Waals surface area contributed by atoms with Crippen LogP contribution in [-0.2, 0) is 6.42 Å². The topological polar surface area (TPSA) is 53.7 Å². The predicted molar refractivity (Wildman–Crippen MR) is 61.1 cm³/mol. The van der Waals surface area contributed by atoms with Gasteiger partial charge < -0.3 is 19.9 Å². The number of nitrogens with two attached hydrogens (primary N) is 1. The number of hydrogen-bond donors (Lipinski definition) is 1. The molecule has 1 aliphatic heterocycles. The van der Waals surface area contributed by atoms with Crippen molar-refractivity contribution >= 4 is 0 Å². The van der Waals surface area contributed by atoms with E-state index in [1.165, 1.54) is 0 Å². The first-order valence-corrected chi connectivity index (χ1v) is 5.60. The maximum atomic E-state index is 5.58. The predicted octanol–water partition coefficient (Wildman–Crippen LogP) is 1.71. The summed E-state index contributed by atoms with van der Waals surface area (Å²) in [5.41, 5.74) is 6.65. The molecule has 2 N–H and O–H groups in total. The first-order valence-electron chi connectivity index (χ1n) is 5.60. The van der Waals surface area contributed by atoms with Crippen molar-refractivity contribution in [3.8, 4) is 17.2 Å². The van der Waals surface area contributed by atoms with Crippen LogP contribution in [0.25, 0.3) is 0 Å². The Morgan fingerprint density at radius 2 is 2.06 bits per heavy atom. The van der Waals surface area contributed by atoms with E-state index >= 15 is 0 Å². The molecule has 1 aromatic carbocycles. The number of ether oxygens (including phenoxy) is 3. The van der Waals surface area contributed by atoms with Crippen molar-refractivity contribution in [2.24, 2.45) is 5.73 Å². The van der Waals surface area contributed by atoms with Gasteiger partial charge in [0.2, 0.25) is 6.79 Å². The van der Waals surface area contributed by atoms with Crippen molar-refractivity contribution in [2.45, 2.75) is 19.8 Å². The van der Waals surface area contributed by atoms with E-state index in [1.807, 2.05) is 19.1 Å². The summed E-state index contributed by atoms with van der Waals surface area (Å²) >= 11 is 0. The molecular weight excluding hydrogens is 206 g/mol. The summed E-state index contributed by atoms with van der Waals surface area (Å²) in [4.78, 5) is 0. The van der Waals surface area contributed by atoms with Crippen molar-refractivity contribution in [3.63, 3.8) is 0 Å². The molecule has 0 saturated carbocycles. The second-order valence-corrected chi connectivity index (χ2v) is 3.64. The Morgan fingerprint density at radius 3 is 2.75 bits per heavy atom. The van der Waals surface area contributed by atoms with Crippen LogP contribution < -0.4 is 19.9 Å². The van der Waals surface area contributed by atoms with E-state index in [0.717, 1.165) is 35.7 Å². The van der Waals surface area contributed by atoms with Crippen LogP contribution in [0.4, 0.5) is 0 Å². The molecule has 1 heterocycles. The van der Waals surface area contributed by atoms with Crippen LogP contribution in [0.3, 0.4) is 0 Å². The molecule has 0 aliphatic carbocycles. The Labute approximate surface area is 95.3 Å². The van der Waals surface area contributed by atoms with E-state index in [2.05, 4.69) is 0 Å². The molecule has 0 unspecified atom stereocenters. The van der Waals surface area contributed by atoms with E-state index in [4.69, 9.17) is 19.9 Å². The summed E-state index contributed by atoms with van der Waals surface area (Å²) in [6.45, 7) is 3.59. The Bertz CT molecular complexity index is 366. The molecule has 88 valence electrons. The quantitative estimate of drug-likeness (QED) is 0.825. The van der Waals surface area contributed by atoms with Crippen molar-refractivity contribution in [3.05, 3.63) is 17.7 Å². The van der Waals surface area contributed by atoms with Crippen LogP contribution in [0.15, 0.2) is 12.1 Å². The monoisotopic (exact) mass is 223 g/mol. The minimum absolute atomic E-state index is 0.293. The van der Waals surface area contributed by atoms with Crippen molar-refractivity contribution in [1.29, 1.82) is 0 Å². The molecule has 0 radical (unpaired) electrons. The second-order valence-electron chi connectivity index (χ2n) is 3.64. The normalized spacial score (nSPS) is 12.9. The molecule has 16 heavy (non-hydrogen) atoms. The number of fused-ring (bicyclic) bond motifs is 1. The summed E-state index contributed by atoms with van der Waals surface area (Å²) < 4.78 is 16.2. The van der Waals surface area contributed by atoms with Gasteiger partial charge in [-0.15, -0.1) is 0 Å². The molecule has 0 aromatic heterocycles. The Hall–Kier alpha value is -1.42. The van der Waals surface area contributed by atoms with Crippen molar-refractivity contribution in [1.82, 2.24) is 0 Å². The van der Waals surface area contributed by atoms with Gasteiger partial charge in [0.1, 0.15) is 5.75 Å². The van der Waals surface area contributed by atoms with Gasteiger partial charge in [0, 0.05) is 6.07 Å². The van der Waals surface area contributed by atoms with Gasteiger partial charge in [-0.3, -0.25) is 0 Å². The third-order valence-electron chi connectivity index (χ3n) is 2.51. The van der Waals surface area contributed by atoms with E-state index in [0.29, 0.717) is 19.9 Å². The minimum Gasteiger partial charge on any atom is -0.493 e. The van der Waals surface area contributed by atoms with Crippen molar-refractivity contribution < 1.29 is 14.2 Å². The van der Waals surface area contributed by atoms with Gasteiger partial charge in [-0.1, -0.05) is 0 Å². The molecule has 0 bridgehead atoms. The highest BCUT2D eigenvalue weighted by Crippen LogP contribution is 2.38. The zero-order chi connectivity index (χ0) is 11.4. The third kappa shape index (κ3) is 2.22. The van der Waals surface area contributed by atoms with Crippen LogP contribution in [0, 0.1) is 0 Å². The highest BCUT2D eigenvalue weighted by atomic mass is 16.7. The fourth-order valence-electron chi connectivity index (χ4n) is 1.74. The first-order chi connectivity index (χ1) is 7.85. The largest absolute Gasteiger partial charge is 0.493 e. The molecule has 0 spiro atoms. The van der Waals surface area contributed by atoms with Gasteiger partial charge >= 0.3 is 0 Å². The number of aryl methyl sites for hydroxylation is 1. The van der Waals surface area contributed by atoms with Gasteiger partial charge in [0.25, 0.3) is 0 Å². The molecule has 4 heteroatoms. The Kier molecular flexibility index (Phi) is 3.51. The van der Waals surface area contributed by atoms with E-state index < -0.39 is 0 Å². The zero-order valence-corrected chi connectivity index (χ0v) is 9.49. The summed E-state index contributed by atoms with van der Waals surface area (Å²) in [6.07, 6.45) is 1.85. The average Bonchev–Trinajstić information content (AvgIpc) is 2.73. The Balaban J connectivity index is 2.25. The number of hydrogen-bond acceptors (Lipinski definition) is 4. The van der Waals surface area contributed by atoms with Crippen LogP contribution in [0.1, 0.15) is 18.9 Å². The summed E-state index contributed by atoms with van der Waals surface area (Å²) in [5, 5.41) is 0. The lowest BCUT2D eigenvalue weighted by Gasteiger charge is -2.10. The second kappa shape index (κ2) is 5.07. The Morgan fingerprint density at radius 1 is 1.31 bits per heavy atom. The van der Waals surface area contributed by atoms with Crippen LogP contribution in [0.2, 0.25) is 0 Å². The molecular formula is C12H17NO3. The van der Waals surface area contributed by atoms with E-state index in [1.54, 1.807) is 0 Å². The van der Waals surface area contributed by atoms with E-state index in [9.17, 15) is 0 Å². The summed E-state index contributed by atoms with van der Waals surface area (Å²) in [6, 6.07) is 3.89. The van der Waals surface area contributed by atoms with Gasteiger partial charge in [0.05, 0.1) is 6.61 Å². The standard InChI is InChI=1S/C12H17NO3/c1-2-14-10-7-12-11(15-8-16-12)6-9(10)4-3-5-13/h6-7H,2-5,8,13H2,1H3. The lowest BCUT2D eigenvalue weighted by atomic mass is 10.1. The molecule has 0 atom stereocenters. The first kappa shape index (κ1) is 11.1. The van der Waals surface area contributed by atoms with Gasteiger partial charge in [-0.2, -0.15) is 0 Å². The lowest BCUT2D eigenvalue weighted by Crippen LogP contribution is -2.02. The molecule has 4 nitrogen and oxygen atoms in total. The molecule has 0 amide bonds. The average molecular weight is 223 g/mol. The fraction of sp³-hybridized carbons (Fsp3) is 0.500. The molecule has 0 saturated heterocycles. The molecule has 0 fully saturated rings. The third-order valence-corrected chi connectivity index (χ3v) is 2.51. The number of rotatable bonds is 5. The molecule has 1 aromatic rings. The maximum absolute atomic E-state index is 5.58. The van der Waals surface area contributed by atoms with Gasteiger partial charge in [0.15, 0.2) is 11.5 Å². The maximum Gasteiger partial charge on any atom is 0.231 e. The van der Waals surface area contributed by atoms with Crippen LogP contribution in [-0.4, -0.2) is 19.9 Å².